The summed E-state index contributed by atoms with van der Waals surface area (Å²) in [5.74, 6) is 0.882. The van der Waals surface area contributed by atoms with Crippen LogP contribution in [0.2, 0.25) is 0 Å². The van der Waals surface area contributed by atoms with Gasteiger partial charge in [0.2, 0.25) is 0 Å². The lowest BCUT2D eigenvalue weighted by Crippen LogP contribution is -2.46. The normalized spacial score (nSPS) is 18.1. The van der Waals surface area contributed by atoms with Gasteiger partial charge in [-0.1, -0.05) is 37.3 Å². The Hall–Kier alpha value is -1.59. The van der Waals surface area contributed by atoms with E-state index in [1.807, 2.05) is 13.1 Å². The quantitative estimate of drug-likeness (QED) is 0.431. The molecule has 1 atom stereocenters. The third-order valence-corrected chi connectivity index (χ3v) is 4.98. The Morgan fingerprint density at radius 2 is 1.76 bits per heavy atom. The van der Waals surface area contributed by atoms with E-state index in [0.717, 1.165) is 12.5 Å². The molecule has 1 aromatic rings. The van der Waals surface area contributed by atoms with Crippen molar-refractivity contribution in [2.45, 2.75) is 32.7 Å². The summed E-state index contributed by atoms with van der Waals surface area (Å²) in [7, 11) is 1.83. The van der Waals surface area contributed by atoms with Crippen LogP contribution < -0.4 is 10.6 Å². The number of aliphatic imine (C=N–C) groups is 1. The van der Waals surface area contributed by atoms with Crippen molar-refractivity contribution in [1.29, 1.82) is 0 Å². The largest absolute Gasteiger partial charge is 0.356 e. The Morgan fingerprint density at radius 3 is 2.40 bits per heavy atom. The maximum absolute atomic E-state index is 4.34. The maximum atomic E-state index is 4.34. The van der Waals surface area contributed by atoms with Crippen LogP contribution in [0.4, 0.5) is 0 Å². The van der Waals surface area contributed by atoms with Crippen molar-refractivity contribution < 1.29 is 0 Å². The van der Waals surface area contributed by atoms with E-state index in [4.69, 9.17) is 0 Å². The number of guanidine groups is 1. The Balaban J connectivity index is 1.58. The van der Waals surface area contributed by atoms with Crippen molar-refractivity contribution in [1.82, 2.24) is 20.4 Å². The van der Waals surface area contributed by atoms with Gasteiger partial charge in [-0.15, -0.1) is 0 Å². The summed E-state index contributed by atoms with van der Waals surface area (Å²) in [4.78, 5) is 9.46. The molecular weight excluding hydrogens is 310 g/mol. The molecule has 25 heavy (non-hydrogen) atoms. The van der Waals surface area contributed by atoms with Crippen LogP contribution in [0.5, 0.6) is 0 Å². The summed E-state index contributed by atoms with van der Waals surface area (Å²) in [6.07, 6.45) is 2.42. The van der Waals surface area contributed by atoms with Gasteiger partial charge in [-0.2, -0.15) is 0 Å². The summed E-state index contributed by atoms with van der Waals surface area (Å²) in [6, 6.07) is 10.7. The smallest absolute Gasteiger partial charge is 0.191 e. The number of unbranched alkanes of at least 4 members (excludes halogenated alkanes) is 1. The molecule has 0 radical (unpaired) electrons. The van der Waals surface area contributed by atoms with Gasteiger partial charge in [0.05, 0.1) is 6.04 Å². The van der Waals surface area contributed by atoms with Gasteiger partial charge in [0.1, 0.15) is 0 Å². The fraction of sp³-hybridized carbons (Fsp3) is 0.650. The zero-order valence-electron chi connectivity index (χ0n) is 16.2. The van der Waals surface area contributed by atoms with E-state index in [1.54, 1.807) is 0 Å². The zero-order valence-corrected chi connectivity index (χ0v) is 16.2. The standard InChI is InChI=1S/C20H35N5/c1-4-24-14-16-25(17-15-24)13-9-8-12-22-20(21-3)23-18(2)19-10-6-5-7-11-19/h5-7,10-11,18H,4,8-9,12-17H2,1-3H3,(H2,21,22,23). The number of nitrogens with one attached hydrogen (secondary N) is 2. The van der Waals surface area contributed by atoms with Crippen molar-refractivity contribution >= 4 is 5.96 Å². The Morgan fingerprint density at radius 1 is 1.08 bits per heavy atom. The molecule has 5 heteroatoms. The van der Waals surface area contributed by atoms with E-state index in [0.29, 0.717) is 0 Å². The second-order valence-corrected chi connectivity index (χ2v) is 6.76. The molecule has 1 heterocycles. The summed E-state index contributed by atoms with van der Waals surface area (Å²) >= 11 is 0. The molecule has 0 aliphatic carbocycles. The van der Waals surface area contributed by atoms with Gasteiger partial charge in [-0.3, -0.25) is 4.99 Å². The van der Waals surface area contributed by atoms with Gasteiger partial charge in [0, 0.05) is 39.8 Å². The van der Waals surface area contributed by atoms with Crippen molar-refractivity contribution in [3.63, 3.8) is 0 Å². The molecule has 0 bridgehead atoms. The molecule has 2 rings (SSSR count). The minimum absolute atomic E-state index is 0.252. The van der Waals surface area contributed by atoms with E-state index < -0.39 is 0 Å². The second kappa shape index (κ2) is 11.1. The SMILES string of the molecule is CCN1CCN(CCCCNC(=NC)NC(C)c2ccccc2)CC1. The molecule has 1 unspecified atom stereocenters. The first-order chi connectivity index (χ1) is 12.2. The summed E-state index contributed by atoms with van der Waals surface area (Å²) in [5.41, 5.74) is 1.27. The van der Waals surface area contributed by atoms with Crippen molar-refractivity contribution in [2.75, 3.05) is 52.9 Å². The molecule has 1 fully saturated rings. The predicted molar refractivity (Wildman–Crippen MR) is 107 cm³/mol. The van der Waals surface area contributed by atoms with E-state index in [2.05, 4.69) is 63.5 Å². The van der Waals surface area contributed by atoms with Gasteiger partial charge in [-0.25, -0.2) is 0 Å². The van der Waals surface area contributed by atoms with Crippen molar-refractivity contribution in [3.05, 3.63) is 35.9 Å². The molecule has 1 saturated heterocycles. The highest BCUT2D eigenvalue weighted by molar-refractivity contribution is 5.80. The number of piperazine rings is 1. The van der Waals surface area contributed by atoms with Crippen LogP contribution in [-0.2, 0) is 0 Å². The molecule has 1 aliphatic heterocycles. The predicted octanol–water partition coefficient (Wildman–Crippen LogP) is 2.33. The third kappa shape index (κ3) is 7.04. The summed E-state index contributed by atoms with van der Waals surface area (Å²) in [5, 5.41) is 6.89. The monoisotopic (exact) mass is 345 g/mol. The van der Waals surface area contributed by atoms with Gasteiger partial charge < -0.3 is 20.4 Å². The van der Waals surface area contributed by atoms with Crippen LogP contribution in [0.3, 0.4) is 0 Å². The van der Waals surface area contributed by atoms with E-state index in [9.17, 15) is 0 Å². The lowest BCUT2D eigenvalue weighted by atomic mass is 10.1. The van der Waals surface area contributed by atoms with Crippen LogP contribution in [0.15, 0.2) is 35.3 Å². The highest BCUT2D eigenvalue weighted by Gasteiger charge is 2.14. The van der Waals surface area contributed by atoms with E-state index in [1.165, 1.54) is 57.7 Å². The second-order valence-electron chi connectivity index (χ2n) is 6.76. The van der Waals surface area contributed by atoms with Crippen molar-refractivity contribution in [2.24, 2.45) is 4.99 Å². The van der Waals surface area contributed by atoms with Crippen LogP contribution in [0, 0.1) is 0 Å². The Kier molecular flexibility index (Phi) is 8.77. The summed E-state index contributed by atoms with van der Waals surface area (Å²) < 4.78 is 0. The number of benzene rings is 1. The molecule has 140 valence electrons. The van der Waals surface area contributed by atoms with Gasteiger partial charge in [-0.05, 0) is 38.4 Å². The molecule has 1 aromatic carbocycles. The average Bonchev–Trinajstić information content (AvgIpc) is 2.67. The third-order valence-electron chi connectivity index (χ3n) is 4.98. The fourth-order valence-corrected chi connectivity index (χ4v) is 3.22. The lowest BCUT2D eigenvalue weighted by molar-refractivity contribution is 0.136. The number of hydrogen-bond acceptors (Lipinski definition) is 3. The molecule has 2 N–H and O–H groups in total. The Labute approximate surface area is 153 Å². The fourth-order valence-electron chi connectivity index (χ4n) is 3.22. The first kappa shape index (κ1) is 19.7. The van der Waals surface area contributed by atoms with E-state index >= 15 is 0 Å². The topological polar surface area (TPSA) is 42.9 Å². The molecular formula is C20H35N5. The first-order valence-electron chi connectivity index (χ1n) is 9.69. The first-order valence-corrected chi connectivity index (χ1v) is 9.69. The van der Waals surface area contributed by atoms with Gasteiger partial charge in [0.25, 0.3) is 0 Å². The van der Waals surface area contributed by atoms with Crippen molar-refractivity contribution in [3.8, 4) is 0 Å². The minimum atomic E-state index is 0.252. The molecule has 0 spiro atoms. The number of likely N-dealkylation sites (N-methyl/N-ethyl adjacent to an activating group) is 1. The average molecular weight is 346 g/mol. The number of hydrogen-bond donors (Lipinski definition) is 2. The number of rotatable bonds is 8. The zero-order chi connectivity index (χ0) is 17.9. The maximum Gasteiger partial charge on any atom is 0.191 e. The van der Waals surface area contributed by atoms with Gasteiger partial charge in [0.15, 0.2) is 5.96 Å². The lowest BCUT2D eigenvalue weighted by Gasteiger charge is -2.34. The summed E-state index contributed by atoms with van der Waals surface area (Å²) in [6.45, 7) is 12.7. The van der Waals surface area contributed by atoms with Crippen LogP contribution >= 0.6 is 0 Å². The molecule has 0 amide bonds. The molecule has 1 aliphatic rings. The van der Waals surface area contributed by atoms with E-state index in [-0.39, 0.29) is 6.04 Å². The van der Waals surface area contributed by atoms with Crippen LogP contribution in [0.1, 0.15) is 38.3 Å². The van der Waals surface area contributed by atoms with Crippen LogP contribution in [0.25, 0.3) is 0 Å². The number of nitrogens with zero attached hydrogens (tertiary/aromatic N) is 3. The minimum Gasteiger partial charge on any atom is -0.356 e. The van der Waals surface area contributed by atoms with Gasteiger partial charge >= 0.3 is 0 Å². The molecule has 0 aromatic heterocycles. The molecule has 0 saturated carbocycles. The van der Waals surface area contributed by atoms with Crippen LogP contribution in [-0.4, -0.2) is 68.6 Å². The molecule has 5 nitrogen and oxygen atoms in total. The highest BCUT2D eigenvalue weighted by atomic mass is 15.3. The highest BCUT2D eigenvalue weighted by Crippen LogP contribution is 2.10. The Bertz CT molecular complexity index is 494.